The van der Waals surface area contributed by atoms with Crippen molar-refractivity contribution in [3.8, 4) is 34.0 Å². The predicted molar refractivity (Wildman–Crippen MR) is 199 cm³/mol. The molecular weight excluding hydrogens is 585 g/mol. The van der Waals surface area contributed by atoms with Gasteiger partial charge in [-0.15, -0.1) is 0 Å². The maximum atomic E-state index is 5.38. The second-order valence-electron chi connectivity index (χ2n) is 12.2. The number of aromatic nitrogens is 4. The highest BCUT2D eigenvalue weighted by Gasteiger charge is 2.24. The Kier molecular flexibility index (Phi) is 5.84. The third kappa shape index (κ3) is 3.90. The van der Waals surface area contributed by atoms with Crippen LogP contribution < -0.4 is 0 Å². The van der Waals surface area contributed by atoms with Crippen LogP contribution in [0.25, 0.3) is 88.5 Å². The van der Waals surface area contributed by atoms with Crippen LogP contribution in [-0.4, -0.2) is 19.1 Å². The van der Waals surface area contributed by atoms with E-state index in [-0.39, 0.29) is 0 Å². The fourth-order valence-electron chi connectivity index (χ4n) is 7.47. The number of hydrogen-bond acceptors (Lipinski definition) is 2. The molecule has 3 aromatic heterocycles. The van der Waals surface area contributed by atoms with Crippen molar-refractivity contribution in [2.45, 2.75) is 0 Å². The Balaban J connectivity index is 1.41. The molecule has 4 nitrogen and oxygen atoms in total. The molecule has 10 rings (SSSR count). The van der Waals surface area contributed by atoms with Gasteiger partial charge in [0.25, 0.3) is 0 Å². The molecule has 0 aliphatic heterocycles. The second-order valence-corrected chi connectivity index (χ2v) is 12.2. The Hall–Kier alpha value is -6.52. The minimum absolute atomic E-state index is 0.652. The van der Waals surface area contributed by atoms with E-state index in [9.17, 15) is 0 Å². The Labute approximate surface area is 276 Å². The summed E-state index contributed by atoms with van der Waals surface area (Å²) in [6.07, 6.45) is 0. The van der Waals surface area contributed by atoms with Crippen molar-refractivity contribution in [2.75, 3.05) is 0 Å². The highest BCUT2D eigenvalue weighted by molar-refractivity contribution is 6.24. The minimum Gasteiger partial charge on any atom is -0.307 e. The van der Waals surface area contributed by atoms with Crippen molar-refractivity contribution in [3.05, 3.63) is 170 Å². The summed E-state index contributed by atoms with van der Waals surface area (Å²) in [6, 6.07) is 60.0. The molecule has 3 heterocycles. The summed E-state index contributed by atoms with van der Waals surface area (Å²) in [5.41, 5.74) is 10.8. The van der Waals surface area contributed by atoms with Crippen LogP contribution >= 0.6 is 0 Å². The van der Waals surface area contributed by atoms with Crippen LogP contribution in [0, 0.1) is 0 Å². The standard InChI is InChI=1S/C44H28N4/c1-3-15-29(16-4-1)31-19-8-12-24-38(31)47-39-25-13-9-20-32(39)34-27-28-35-33-21-10-14-26-40(33)48(43(35)42(34)47)44-45-37-23-11-7-22-36(37)41(46-44)30-17-5-2-6-18-30/h1-28H. The van der Waals surface area contributed by atoms with Crippen molar-refractivity contribution in [1.29, 1.82) is 0 Å². The van der Waals surface area contributed by atoms with Crippen LogP contribution in [0.5, 0.6) is 0 Å². The molecule has 0 bridgehead atoms. The van der Waals surface area contributed by atoms with Gasteiger partial charge >= 0.3 is 0 Å². The lowest BCUT2D eigenvalue weighted by Gasteiger charge is -2.16. The fraction of sp³-hybridized carbons (Fsp3) is 0. The molecule has 224 valence electrons. The van der Waals surface area contributed by atoms with Gasteiger partial charge in [-0.1, -0.05) is 146 Å². The van der Waals surface area contributed by atoms with Crippen LogP contribution in [0.15, 0.2) is 170 Å². The number of rotatable bonds is 4. The monoisotopic (exact) mass is 612 g/mol. The summed E-state index contributed by atoms with van der Waals surface area (Å²) >= 11 is 0. The Morgan fingerprint density at radius 2 is 0.875 bits per heavy atom. The Bertz CT molecular complexity index is 2830. The third-order valence-corrected chi connectivity index (χ3v) is 9.54. The third-order valence-electron chi connectivity index (χ3n) is 9.54. The van der Waals surface area contributed by atoms with Gasteiger partial charge in [-0.3, -0.25) is 4.57 Å². The summed E-state index contributed by atoms with van der Waals surface area (Å²) in [5, 5.41) is 5.76. The van der Waals surface area contributed by atoms with Crippen molar-refractivity contribution in [3.63, 3.8) is 0 Å². The first-order chi connectivity index (χ1) is 23.8. The Morgan fingerprint density at radius 1 is 0.354 bits per heavy atom. The van der Waals surface area contributed by atoms with Gasteiger partial charge < -0.3 is 4.57 Å². The fourth-order valence-corrected chi connectivity index (χ4v) is 7.47. The maximum Gasteiger partial charge on any atom is 0.235 e. The molecule has 0 spiro atoms. The van der Waals surface area contributed by atoms with Gasteiger partial charge in [-0.05, 0) is 29.8 Å². The first-order valence-electron chi connectivity index (χ1n) is 16.3. The van der Waals surface area contributed by atoms with E-state index >= 15 is 0 Å². The van der Waals surface area contributed by atoms with Crippen molar-refractivity contribution >= 4 is 54.5 Å². The SMILES string of the molecule is c1ccc(-c2ccccc2-n2c3ccccc3c3ccc4c5ccccc5n(-c5nc(-c6ccccc6)c6ccccc6n5)c4c32)cc1. The van der Waals surface area contributed by atoms with Crippen LogP contribution in [0.1, 0.15) is 0 Å². The Morgan fingerprint density at radius 3 is 1.58 bits per heavy atom. The highest BCUT2D eigenvalue weighted by Crippen LogP contribution is 2.43. The molecule has 0 fully saturated rings. The molecule has 48 heavy (non-hydrogen) atoms. The van der Waals surface area contributed by atoms with E-state index in [1.165, 1.54) is 27.3 Å². The molecule has 7 aromatic carbocycles. The normalized spacial score (nSPS) is 11.8. The molecule has 0 amide bonds. The topological polar surface area (TPSA) is 35.6 Å². The molecule has 0 unspecified atom stereocenters. The molecule has 0 saturated carbocycles. The molecule has 10 aromatic rings. The average Bonchev–Trinajstić information content (AvgIpc) is 3.68. The summed E-state index contributed by atoms with van der Waals surface area (Å²) in [6.45, 7) is 0. The molecule has 0 aliphatic carbocycles. The van der Waals surface area contributed by atoms with Gasteiger partial charge in [0, 0.05) is 38.1 Å². The lowest BCUT2D eigenvalue weighted by molar-refractivity contribution is 1.01. The van der Waals surface area contributed by atoms with Crippen molar-refractivity contribution in [1.82, 2.24) is 19.1 Å². The van der Waals surface area contributed by atoms with E-state index in [0.717, 1.165) is 55.3 Å². The van der Waals surface area contributed by atoms with Gasteiger partial charge in [0.2, 0.25) is 5.95 Å². The molecular formula is C44H28N4. The van der Waals surface area contributed by atoms with E-state index < -0.39 is 0 Å². The molecule has 0 atom stereocenters. The zero-order chi connectivity index (χ0) is 31.6. The number of fused-ring (bicyclic) bond motifs is 8. The lowest BCUT2D eigenvalue weighted by Crippen LogP contribution is -2.05. The van der Waals surface area contributed by atoms with Gasteiger partial charge in [-0.25, -0.2) is 9.97 Å². The summed E-state index contributed by atoms with van der Waals surface area (Å²) in [7, 11) is 0. The average molecular weight is 613 g/mol. The van der Waals surface area contributed by atoms with Gasteiger partial charge in [0.05, 0.1) is 39.0 Å². The van der Waals surface area contributed by atoms with Gasteiger partial charge in [0.1, 0.15) is 0 Å². The highest BCUT2D eigenvalue weighted by atomic mass is 15.2. The quantitative estimate of drug-likeness (QED) is 0.198. The molecule has 0 saturated heterocycles. The predicted octanol–water partition coefficient (Wildman–Crippen LogP) is 11.2. The minimum atomic E-state index is 0.652. The van der Waals surface area contributed by atoms with Gasteiger partial charge in [0.15, 0.2) is 0 Å². The van der Waals surface area contributed by atoms with E-state index in [0.29, 0.717) is 5.95 Å². The number of para-hydroxylation sites is 4. The largest absolute Gasteiger partial charge is 0.307 e. The lowest BCUT2D eigenvalue weighted by atomic mass is 10.0. The summed E-state index contributed by atoms with van der Waals surface area (Å²) in [5.74, 6) is 0.652. The molecule has 0 radical (unpaired) electrons. The molecule has 4 heteroatoms. The van der Waals surface area contributed by atoms with Crippen molar-refractivity contribution < 1.29 is 0 Å². The van der Waals surface area contributed by atoms with E-state index in [4.69, 9.17) is 9.97 Å². The van der Waals surface area contributed by atoms with Crippen LogP contribution in [0.2, 0.25) is 0 Å². The smallest absolute Gasteiger partial charge is 0.235 e. The van der Waals surface area contributed by atoms with Crippen molar-refractivity contribution in [2.24, 2.45) is 0 Å². The number of hydrogen-bond donors (Lipinski definition) is 0. The number of nitrogens with zero attached hydrogens (tertiary/aromatic N) is 4. The number of benzene rings is 7. The molecule has 0 N–H and O–H groups in total. The maximum absolute atomic E-state index is 5.38. The zero-order valence-corrected chi connectivity index (χ0v) is 26.0. The first-order valence-corrected chi connectivity index (χ1v) is 16.3. The van der Waals surface area contributed by atoms with Gasteiger partial charge in [-0.2, -0.15) is 0 Å². The van der Waals surface area contributed by atoms with E-state index in [2.05, 4.69) is 173 Å². The van der Waals surface area contributed by atoms with E-state index in [1.807, 2.05) is 6.07 Å². The zero-order valence-electron chi connectivity index (χ0n) is 26.0. The molecule has 0 aliphatic rings. The van der Waals surface area contributed by atoms with E-state index in [1.54, 1.807) is 0 Å². The first kappa shape index (κ1) is 26.7. The van der Waals surface area contributed by atoms with Crippen LogP contribution in [0.4, 0.5) is 0 Å². The second kappa shape index (κ2) is 10.5. The van der Waals surface area contributed by atoms with Crippen LogP contribution in [-0.2, 0) is 0 Å². The van der Waals surface area contributed by atoms with Crippen LogP contribution in [0.3, 0.4) is 0 Å². The summed E-state index contributed by atoms with van der Waals surface area (Å²) < 4.78 is 4.73. The summed E-state index contributed by atoms with van der Waals surface area (Å²) in [4.78, 5) is 10.7.